The number of carboxylic acid groups (broad SMARTS) is 1. The highest BCUT2D eigenvalue weighted by Crippen LogP contribution is 2.27. The van der Waals surface area contributed by atoms with Crippen molar-refractivity contribution in [2.45, 2.75) is 20.4 Å². The Morgan fingerprint density at radius 1 is 1.35 bits per heavy atom. The topological polar surface area (TPSA) is 84.9 Å². The fourth-order valence-corrected chi connectivity index (χ4v) is 1.55. The number of ether oxygens (including phenoxy) is 2. The zero-order valence-corrected chi connectivity index (χ0v) is 11.8. The quantitative estimate of drug-likeness (QED) is 0.739. The first kappa shape index (κ1) is 15.8. The second-order valence-corrected chi connectivity index (χ2v) is 4.20. The van der Waals surface area contributed by atoms with Crippen LogP contribution in [0.2, 0.25) is 0 Å². The first-order valence-electron chi connectivity index (χ1n) is 6.29. The van der Waals surface area contributed by atoms with Crippen molar-refractivity contribution < 1.29 is 24.2 Å². The Kier molecular flexibility index (Phi) is 5.83. The normalized spacial score (nSPS) is 11.6. The van der Waals surface area contributed by atoms with E-state index in [0.717, 1.165) is 5.56 Å². The number of amides is 1. The molecule has 1 aromatic rings. The fraction of sp³-hybridized carbons (Fsp3) is 0.429. The smallest absolute Gasteiger partial charge is 0.315 e. The third-order valence-corrected chi connectivity index (χ3v) is 2.76. The van der Waals surface area contributed by atoms with Crippen molar-refractivity contribution in [3.63, 3.8) is 0 Å². The molecule has 0 aliphatic heterocycles. The summed E-state index contributed by atoms with van der Waals surface area (Å²) in [5, 5.41) is 11.3. The van der Waals surface area contributed by atoms with E-state index in [1.54, 1.807) is 18.2 Å². The Morgan fingerprint density at radius 3 is 2.60 bits per heavy atom. The average Bonchev–Trinajstić information content (AvgIpc) is 2.45. The molecule has 0 aliphatic rings. The van der Waals surface area contributed by atoms with E-state index in [1.807, 2.05) is 6.92 Å². The van der Waals surface area contributed by atoms with Crippen molar-refractivity contribution in [2.24, 2.45) is 5.92 Å². The molecule has 1 aromatic carbocycles. The van der Waals surface area contributed by atoms with Crippen molar-refractivity contribution in [2.75, 3.05) is 13.7 Å². The Hall–Kier alpha value is -2.24. The summed E-state index contributed by atoms with van der Waals surface area (Å²) in [5.41, 5.74) is 0.802. The largest absolute Gasteiger partial charge is 0.493 e. The molecule has 0 saturated heterocycles. The number of hydrogen-bond donors (Lipinski definition) is 2. The number of aliphatic carboxylic acids is 1. The highest BCUT2D eigenvalue weighted by atomic mass is 16.5. The van der Waals surface area contributed by atoms with Crippen molar-refractivity contribution in [3.05, 3.63) is 23.8 Å². The van der Waals surface area contributed by atoms with Crippen LogP contribution in [-0.2, 0) is 16.1 Å². The van der Waals surface area contributed by atoms with Crippen LogP contribution in [0, 0.1) is 5.92 Å². The molecule has 0 spiro atoms. The van der Waals surface area contributed by atoms with Gasteiger partial charge in [-0.15, -0.1) is 0 Å². The molecule has 0 fully saturated rings. The minimum Gasteiger partial charge on any atom is -0.493 e. The van der Waals surface area contributed by atoms with Crippen LogP contribution in [0.25, 0.3) is 0 Å². The molecule has 6 heteroatoms. The number of carbonyl (C=O) groups is 2. The third kappa shape index (κ3) is 4.15. The summed E-state index contributed by atoms with van der Waals surface area (Å²) < 4.78 is 10.6. The van der Waals surface area contributed by atoms with E-state index in [2.05, 4.69) is 5.32 Å². The van der Waals surface area contributed by atoms with Crippen molar-refractivity contribution >= 4 is 11.9 Å². The summed E-state index contributed by atoms with van der Waals surface area (Å²) in [6, 6.07) is 5.29. The van der Waals surface area contributed by atoms with Crippen LogP contribution in [0.5, 0.6) is 11.5 Å². The first-order chi connectivity index (χ1) is 9.49. The predicted molar refractivity (Wildman–Crippen MR) is 72.8 cm³/mol. The van der Waals surface area contributed by atoms with Gasteiger partial charge in [-0.1, -0.05) is 6.07 Å². The zero-order valence-electron chi connectivity index (χ0n) is 11.8. The maximum absolute atomic E-state index is 11.5. The molecule has 1 rings (SSSR count). The summed E-state index contributed by atoms with van der Waals surface area (Å²) in [7, 11) is 1.53. The summed E-state index contributed by atoms with van der Waals surface area (Å²) >= 11 is 0. The second-order valence-electron chi connectivity index (χ2n) is 4.20. The molecule has 0 radical (unpaired) electrons. The van der Waals surface area contributed by atoms with E-state index in [0.29, 0.717) is 18.1 Å². The van der Waals surface area contributed by atoms with Gasteiger partial charge in [0.2, 0.25) is 5.91 Å². The lowest BCUT2D eigenvalue weighted by atomic mass is 10.1. The predicted octanol–water partition coefficient (Wildman–Crippen LogP) is 1.43. The van der Waals surface area contributed by atoms with Gasteiger partial charge in [0.05, 0.1) is 13.7 Å². The highest BCUT2D eigenvalue weighted by Gasteiger charge is 2.19. The summed E-state index contributed by atoms with van der Waals surface area (Å²) in [4.78, 5) is 22.2. The molecule has 0 saturated carbocycles. The number of hydrogen-bond acceptors (Lipinski definition) is 4. The maximum Gasteiger partial charge on any atom is 0.315 e. The van der Waals surface area contributed by atoms with Crippen LogP contribution in [0.15, 0.2) is 18.2 Å². The van der Waals surface area contributed by atoms with Gasteiger partial charge in [-0.3, -0.25) is 9.59 Å². The van der Waals surface area contributed by atoms with E-state index in [9.17, 15) is 9.59 Å². The molecule has 0 aliphatic carbocycles. The monoisotopic (exact) mass is 281 g/mol. The van der Waals surface area contributed by atoms with E-state index in [-0.39, 0.29) is 6.54 Å². The summed E-state index contributed by atoms with van der Waals surface area (Å²) in [6.07, 6.45) is 0. The van der Waals surface area contributed by atoms with Gasteiger partial charge in [-0.05, 0) is 31.5 Å². The molecule has 0 bridgehead atoms. The molecule has 6 nitrogen and oxygen atoms in total. The number of methoxy groups -OCH3 is 1. The van der Waals surface area contributed by atoms with Crippen LogP contribution in [-0.4, -0.2) is 30.7 Å². The third-order valence-electron chi connectivity index (χ3n) is 2.76. The standard InChI is InChI=1S/C14H19NO5/c1-4-20-11-6-5-10(7-12(11)19-3)8-15-13(16)9(2)14(17)18/h5-7,9H,4,8H2,1-3H3,(H,15,16)(H,17,18). The average molecular weight is 281 g/mol. The van der Waals surface area contributed by atoms with Crippen LogP contribution in [0.1, 0.15) is 19.4 Å². The molecule has 0 aromatic heterocycles. The molecule has 110 valence electrons. The fourth-order valence-electron chi connectivity index (χ4n) is 1.55. The van der Waals surface area contributed by atoms with Crippen LogP contribution in [0.4, 0.5) is 0 Å². The minimum atomic E-state index is -1.15. The molecule has 1 unspecified atom stereocenters. The van der Waals surface area contributed by atoms with E-state index in [4.69, 9.17) is 14.6 Å². The Bertz CT molecular complexity index is 486. The lowest BCUT2D eigenvalue weighted by Crippen LogP contribution is -2.33. The van der Waals surface area contributed by atoms with Crippen LogP contribution >= 0.6 is 0 Å². The van der Waals surface area contributed by atoms with Gasteiger partial charge < -0.3 is 19.9 Å². The number of benzene rings is 1. The Balaban J connectivity index is 2.69. The lowest BCUT2D eigenvalue weighted by Gasteiger charge is -2.12. The summed E-state index contributed by atoms with van der Waals surface area (Å²) in [6.45, 7) is 3.99. The number of rotatable bonds is 7. The van der Waals surface area contributed by atoms with Gasteiger partial charge >= 0.3 is 5.97 Å². The van der Waals surface area contributed by atoms with Crippen LogP contribution in [0.3, 0.4) is 0 Å². The van der Waals surface area contributed by atoms with Gasteiger partial charge in [0, 0.05) is 6.54 Å². The number of carbonyl (C=O) groups excluding carboxylic acids is 1. The van der Waals surface area contributed by atoms with Gasteiger partial charge in [0.15, 0.2) is 11.5 Å². The molecule has 20 heavy (non-hydrogen) atoms. The van der Waals surface area contributed by atoms with Gasteiger partial charge in [0.1, 0.15) is 5.92 Å². The SMILES string of the molecule is CCOc1ccc(CNC(=O)C(C)C(=O)O)cc1OC. The minimum absolute atomic E-state index is 0.235. The lowest BCUT2D eigenvalue weighted by molar-refractivity contribution is -0.146. The van der Waals surface area contributed by atoms with Crippen molar-refractivity contribution in [1.29, 1.82) is 0 Å². The van der Waals surface area contributed by atoms with Crippen molar-refractivity contribution in [1.82, 2.24) is 5.32 Å². The Labute approximate surface area is 117 Å². The molecule has 0 heterocycles. The highest BCUT2D eigenvalue weighted by molar-refractivity contribution is 5.96. The first-order valence-corrected chi connectivity index (χ1v) is 6.29. The molecule has 2 N–H and O–H groups in total. The molecular formula is C14H19NO5. The maximum atomic E-state index is 11.5. The summed E-state index contributed by atoms with van der Waals surface area (Å²) in [5.74, 6) is -1.54. The molecular weight excluding hydrogens is 262 g/mol. The van der Waals surface area contributed by atoms with E-state index in [1.165, 1.54) is 14.0 Å². The number of nitrogens with one attached hydrogen (secondary N) is 1. The van der Waals surface area contributed by atoms with Gasteiger partial charge in [0.25, 0.3) is 0 Å². The second kappa shape index (κ2) is 7.37. The van der Waals surface area contributed by atoms with Gasteiger partial charge in [-0.2, -0.15) is 0 Å². The zero-order chi connectivity index (χ0) is 15.1. The van der Waals surface area contributed by atoms with Gasteiger partial charge in [-0.25, -0.2) is 0 Å². The Morgan fingerprint density at radius 2 is 2.05 bits per heavy atom. The van der Waals surface area contributed by atoms with Crippen LogP contribution < -0.4 is 14.8 Å². The molecule has 1 atom stereocenters. The van der Waals surface area contributed by atoms with Crippen molar-refractivity contribution in [3.8, 4) is 11.5 Å². The van der Waals surface area contributed by atoms with E-state index >= 15 is 0 Å². The van der Waals surface area contributed by atoms with E-state index < -0.39 is 17.8 Å². The molecule has 1 amide bonds. The number of carboxylic acids is 1.